The maximum atomic E-state index is 10.6. The molecule has 0 spiro atoms. The van der Waals surface area contributed by atoms with Crippen LogP contribution in [-0.4, -0.2) is 50.7 Å². The molecule has 0 unspecified atom stereocenters. The number of aromatic nitrogens is 3. The molecular formula is C13H16N4O4. The van der Waals surface area contributed by atoms with Crippen molar-refractivity contribution in [2.45, 2.75) is 19.4 Å². The van der Waals surface area contributed by atoms with E-state index in [1.807, 2.05) is 17.0 Å². The highest BCUT2D eigenvalue weighted by Gasteiger charge is 2.09. The van der Waals surface area contributed by atoms with Gasteiger partial charge in [0.25, 0.3) is 0 Å². The van der Waals surface area contributed by atoms with Crippen LogP contribution in [-0.2, 0) is 16.1 Å². The summed E-state index contributed by atoms with van der Waals surface area (Å²) in [4.78, 5) is 23.0. The Morgan fingerprint density at radius 2 is 1.95 bits per heavy atom. The van der Waals surface area contributed by atoms with E-state index in [0.29, 0.717) is 12.1 Å². The minimum Gasteiger partial charge on any atom is -0.481 e. The number of hydrogen-bond donors (Lipinski definition) is 2. The van der Waals surface area contributed by atoms with E-state index in [0.717, 1.165) is 11.2 Å². The number of fused-ring (bicyclic) bond motifs is 1. The minimum absolute atomic E-state index is 0.0152. The van der Waals surface area contributed by atoms with Crippen LogP contribution in [0, 0.1) is 0 Å². The van der Waals surface area contributed by atoms with Gasteiger partial charge in [-0.1, -0.05) is 5.21 Å². The van der Waals surface area contributed by atoms with Gasteiger partial charge in [0.15, 0.2) is 0 Å². The third-order valence-corrected chi connectivity index (χ3v) is 3.14. The standard InChI is InChI=1S/C13H16N4O4/c1-16(6-4-12(18)19)9-2-3-11-10(8-9)14-15-17(11)7-5-13(20)21/h2-3,8H,4-7H2,1H3,(H,18,19)(H,20,21). The summed E-state index contributed by atoms with van der Waals surface area (Å²) in [5, 5.41) is 25.3. The number of anilines is 1. The molecule has 1 aromatic heterocycles. The number of nitrogens with zero attached hydrogens (tertiary/aromatic N) is 4. The molecule has 8 nitrogen and oxygen atoms in total. The maximum Gasteiger partial charge on any atom is 0.305 e. The molecule has 0 amide bonds. The third-order valence-electron chi connectivity index (χ3n) is 3.14. The Kier molecular flexibility index (Phi) is 4.36. The lowest BCUT2D eigenvalue weighted by atomic mass is 10.2. The van der Waals surface area contributed by atoms with Crippen molar-refractivity contribution in [1.29, 1.82) is 0 Å². The highest BCUT2D eigenvalue weighted by atomic mass is 16.4. The van der Waals surface area contributed by atoms with Crippen molar-refractivity contribution >= 4 is 28.7 Å². The van der Waals surface area contributed by atoms with Crippen LogP contribution in [0.2, 0.25) is 0 Å². The van der Waals surface area contributed by atoms with Crippen molar-refractivity contribution in [3.63, 3.8) is 0 Å². The Bertz CT molecular complexity index is 667. The zero-order valence-corrected chi connectivity index (χ0v) is 11.6. The summed E-state index contributed by atoms with van der Waals surface area (Å²) in [6.07, 6.45) is 0.0402. The van der Waals surface area contributed by atoms with E-state index in [-0.39, 0.29) is 19.4 Å². The molecule has 1 heterocycles. The molecule has 8 heteroatoms. The van der Waals surface area contributed by atoms with Gasteiger partial charge in [-0.25, -0.2) is 4.68 Å². The smallest absolute Gasteiger partial charge is 0.305 e. The highest BCUT2D eigenvalue weighted by molar-refractivity contribution is 5.79. The fourth-order valence-corrected chi connectivity index (χ4v) is 1.96. The number of aliphatic carboxylic acids is 2. The van der Waals surface area contributed by atoms with Crippen LogP contribution in [0.5, 0.6) is 0 Å². The fourth-order valence-electron chi connectivity index (χ4n) is 1.96. The second-order valence-corrected chi connectivity index (χ2v) is 4.69. The molecule has 0 saturated heterocycles. The second kappa shape index (κ2) is 6.21. The molecule has 0 aliphatic heterocycles. The van der Waals surface area contributed by atoms with E-state index in [1.165, 1.54) is 0 Å². The molecule has 2 rings (SSSR count). The normalized spacial score (nSPS) is 10.7. The number of hydrogen-bond acceptors (Lipinski definition) is 5. The lowest BCUT2D eigenvalue weighted by Gasteiger charge is -2.18. The Hall–Kier alpha value is -2.64. The summed E-state index contributed by atoms with van der Waals surface area (Å²) in [6.45, 7) is 0.661. The SMILES string of the molecule is CN(CCC(=O)O)c1ccc2c(c1)nnn2CCC(=O)O. The van der Waals surface area contributed by atoms with Crippen molar-refractivity contribution in [3.8, 4) is 0 Å². The topological polar surface area (TPSA) is 109 Å². The first kappa shape index (κ1) is 14.8. The molecule has 0 fully saturated rings. The average Bonchev–Trinajstić information content (AvgIpc) is 2.84. The number of carbonyl (C=O) groups is 2. The number of rotatable bonds is 7. The molecule has 1 aromatic carbocycles. The first-order valence-corrected chi connectivity index (χ1v) is 6.45. The van der Waals surface area contributed by atoms with E-state index >= 15 is 0 Å². The fraction of sp³-hybridized carbons (Fsp3) is 0.385. The largest absolute Gasteiger partial charge is 0.481 e. The summed E-state index contributed by atoms with van der Waals surface area (Å²) in [7, 11) is 1.80. The lowest BCUT2D eigenvalue weighted by Crippen LogP contribution is -2.20. The van der Waals surface area contributed by atoms with Crippen molar-refractivity contribution in [2.75, 3.05) is 18.5 Å². The van der Waals surface area contributed by atoms with Gasteiger partial charge >= 0.3 is 11.9 Å². The minimum atomic E-state index is -0.885. The molecule has 112 valence electrons. The van der Waals surface area contributed by atoms with Crippen molar-refractivity contribution in [2.24, 2.45) is 0 Å². The zero-order valence-electron chi connectivity index (χ0n) is 11.6. The van der Waals surface area contributed by atoms with Gasteiger partial charge in [-0.2, -0.15) is 0 Å². The second-order valence-electron chi connectivity index (χ2n) is 4.69. The molecule has 0 radical (unpaired) electrons. The van der Waals surface area contributed by atoms with Crippen LogP contribution in [0.3, 0.4) is 0 Å². The van der Waals surface area contributed by atoms with Crippen LogP contribution in [0.15, 0.2) is 18.2 Å². The van der Waals surface area contributed by atoms with Gasteiger partial charge in [0.05, 0.1) is 24.9 Å². The Morgan fingerprint density at radius 3 is 2.62 bits per heavy atom. The van der Waals surface area contributed by atoms with Gasteiger partial charge in [0.2, 0.25) is 0 Å². The van der Waals surface area contributed by atoms with Crippen LogP contribution < -0.4 is 4.90 Å². The molecule has 2 aromatic rings. The van der Waals surface area contributed by atoms with Crippen LogP contribution in [0.4, 0.5) is 5.69 Å². The zero-order chi connectivity index (χ0) is 15.4. The average molecular weight is 292 g/mol. The number of benzene rings is 1. The predicted octanol–water partition coefficient (Wildman–Crippen LogP) is 0.817. The summed E-state index contributed by atoms with van der Waals surface area (Å²) in [6, 6.07) is 5.45. The van der Waals surface area contributed by atoms with Gasteiger partial charge in [-0.15, -0.1) is 5.10 Å². The van der Waals surface area contributed by atoms with Crippen molar-refractivity contribution in [3.05, 3.63) is 18.2 Å². The first-order valence-electron chi connectivity index (χ1n) is 6.45. The summed E-state index contributed by atoms with van der Waals surface area (Å²) in [5.41, 5.74) is 2.25. The molecule has 0 saturated carbocycles. The Balaban J connectivity index is 2.15. The van der Waals surface area contributed by atoms with Gasteiger partial charge < -0.3 is 15.1 Å². The summed E-state index contributed by atoms with van der Waals surface area (Å²) in [5.74, 6) is -1.73. The number of carboxylic acids is 2. The van der Waals surface area contributed by atoms with E-state index < -0.39 is 11.9 Å². The molecular weight excluding hydrogens is 276 g/mol. The van der Waals surface area contributed by atoms with Crippen LogP contribution in [0.1, 0.15) is 12.8 Å². The van der Waals surface area contributed by atoms with Crippen LogP contribution >= 0.6 is 0 Å². The molecule has 0 atom stereocenters. The molecule has 0 bridgehead atoms. The number of carboxylic acid groups (broad SMARTS) is 2. The van der Waals surface area contributed by atoms with Gasteiger partial charge in [-0.05, 0) is 18.2 Å². The molecule has 2 N–H and O–H groups in total. The van der Waals surface area contributed by atoms with Gasteiger partial charge in [0.1, 0.15) is 5.52 Å². The lowest BCUT2D eigenvalue weighted by molar-refractivity contribution is -0.138. The maximum absolute atomic E-state index is 10.6. The molecule has 21 heavy (non-hydrogen) atoms. The Morgan fingerprint density at radius 1 is 1.24 bits per heavy atom. The number of aryl methyl sites for hydroxylation is 1. The van der Waals surface area contributed by atoms with E-state index in [2.05, 4.69) is 10.3 Å². The summed E-state index contributed by atoms with van der Waals surface area (Å²) < 4.78 is 1.55. The quantitative estimate of drug-likeness (QED) is 0.777. The van der Waals surface area contributed by atoms with Gasteiger partial charge in [-0.3, -0.25) is 9.59 Å². The van der Waals surface area contributed by atoms with E-state index in [1.54, 1.807) is 17.8 Å². The van der Waals surface area contributed by atoms with Crippen molar-refractivity contribution < 1.29 is 19.8 Å². The highest BCUT2D eigenvalue weighted by Crippen LogP contribution is 2.20. The Labute approximate surface area is 120 Å². The van der Waals surface area contributed by atoms with E-state index in [4.69, 9.17) is 10.2 Å². The third kappa shape index (κ3) is 3.68. The monoisotopic (exact) mass is 292 g/mol. The van der Waals surface area contributed by atoms with E-state index in [9.17, 15) is 9.59 Å². The van der Waals surface area contributed by atoms with Crippen LogP contribution in [0.25, 0.3) is 11.0 Å². The first-order chi connectivity index (χ1) is 9.97. The summed E-state index contributed by atoms with van der Waals surface area (Å²) >= 11 is 0. The molecule has 0 aliphatic rings. The molecule has 0 aliphatic carbocycles. The van der Waals surface area contributed by atoms with Crippen molar-refractivity contribution in [1.82, 2.24) is 15.0 Å². The van der Waals surface area contributed by atoms with Gasteiger partial charge in [0, 0.05) is 19.3 Å². The predicted molar refractivity (Wildman–Crippen MR) is 75.3 cm³/mol.